The molecule has 4 heterocycles. The topological polar surface area (TPSA) is 71.7 Å². The van der Waals surface area contributed by atoms with Gasteiger partial charge in [0, 0.05) is 38.7 Å². The third-order valence-electron chi connectivity index (χ3n) is 5.51. The predicted octanol–water partition coefficient (Wildman–Crippen LogP) is 2.90. The number of rotatable bonds is 3. The molecule has 7 heteroatoms. The zero-order valence-corrected chi connectivity index (χ0v) is 16.2. The second-order valence-corrected chi connectivity index (χ2v) is 8.37. The van der Waals surface area contributed by atoms with E-state index in [2.05, 4.69) is 11.0 Å². The molecule has 0 bridgehead atoms. The number of nitrogens with two attached hydrogens (primary N) is 1. The number of nitrogen functional groups attached to an aromatic ring is 1. The first-order valence-corrected chi connectivity index (χ1v) is 10.1. The number of thiophene rings is 1. The highest BCUT2D eigenvalue weighted by atomic mass is 32.1. The Kier molecular flexibility index (Phi) is 4.86. The Morgan fingerprint density at radius 2 is 2.08 bits per heavy atom. The zero-order chi connectivity index (χ0) is 18.3. The minimum Gasteiger partial charge on any atom is -0.397 e. The van der Waals surface area contributed by atoms with Crippen LogP contribution < -0.4 is 5.73 Å². The molecule has 0 aromatic carbocycles. The van der Waals surface area contributed by atoms with E-state index in [4.69, 9.17) is 15.5 Å². The van der Waals surface area contributed by atoms with E-state index in [1.807, 2.05) is 6.07 Å². The average molecular weight is 375 g/mol. The lowest BCUT2D eigenvalue weighted by atomic mass is 10.0. The van der Waals surface area contributed by atoms with Crippen molar-refractivity contribution >= 4 is 33.1 Å². The van der Waals surface area contributed by atoms with Gasteiger partial charge >= 0.3 is 0 Å². The van der Waals surface area contributed by atoms with Gasteiger partial charge in [-0.3, -0.25) is 9.69 Å². The molecule has 0 aliphatic carbocycles. The van der Waals surface area contributed by atoms with E-state index >= 15 is 0 Å². The van der Waals surface area contributed by atoms with Gasteiger partial charge in [0.1, 0.15) is 9.71 Å². The van der Waals surface area contributed by atoms with Crippen LogP contribution in [-0.4, -0.2) is 60.6 Å². The second-order valence-electron chi connectivity index (χ2n) is 7.37. The van der Waals surface area contributed by atoms with Crippen molar-refractivity contribution in [2.45, 2.75) is 37.8 Å². The maximum absolute atomic E-state index is 12.3. The van der Waals surface area contributed by atoms with Crippen LogP contribution in [0.2, 0.25) is 0 Å². The van der Waals surface area contributed by atoms with E-state index < -0.39 is 0 Å². The van der Waals surface area contributed by atoms with Crippen LogP contribution in [0, 0.1) is 0 Å². The molecule has 2 aromatic rings. The summed E-state index contributed by atoms with van der Waals surface area (Å²) in [5.41, 5.74) is 7.88. The summed E-state index contributed by atoms with van der Waals surface area (Å²) in [5, 5.41) is 0.888. The number of ether oxygens (including phenoxy) is 1. The lowest BCUT2D eigenvalue weighted by Gasteiger charge is -2.35. The molecule has 2 N–H and O–H groups in total. The van der Waals surface area contributed by atoms with Crippen molar-refractivity contribution in [3.05, 3.63) is 22.7 Å². The van der Waals surface area contributed by atoms with Crippen LogP contribution in [0.3, 0.4) is 0 Å². The van der Waals surface area contributed by atoms with Crippen LogP contribution in [-0.2, 0) is 4.74 Å². The van der Waals surface area contributed by atoms with Crippen molar-refractivity contribution in [1.29, 1.82) is 0 Å². The summed E-state index contributed by atoms with van der Waals surface area (Å²) in [7, 11) is 3.49. The smallest absolute Gasteiger partial charge is 0.265 e. The van der Waals surface area contributed by atoms with Gasteiger partial charge in [-0.05, 0) is 44.4 Å². The summed E-state index contributed by atoms with van der Waals surface area (Å²) in [4.78, 5) is 22.9. The van der Waals surface area contributed by atoms with E-state index in [1.165, 1.54) is 17.8 Å². The second kappa shape index (κ2) is 7.13. The van der Waals surface area contributed by atoms with Gasteiger partial charge in [0.05, 0.1) is 17.4 Å². The largest absolute Gasteiger partial charge is 0.397 e. The Labute approximate surface area is 157 Å². The maximum atomic E-state index is 12.3. The van der Waals surface area contributed by atoms with Gasteiger partial charge in [-0.1, -0.05) is 0 Å². The Balaban J connectivity index is 1.65. The number of amides is 1. The number of fused-ring (bicyclic) bond motifs is 1. The van der Waals surface area contributed by atoms with Crippen molar-refractivity contribution in [2.75, 3.05) is 39.6 Å². The first kappa shape index (κ1) is 17.7. The molecule has 1 atom stereocenters. The summed E-state index contributed by atoms with van der Waals surface area (Å²) in [5.74, 6) is -0.0586. The summed E-state index contributed by atoms with van der Waals surface area (Å²) in [6.45, 7) is 2.85. The first-order valence-electron chi connectivity index (χ1n) is 9.30. The van der Waals surface area contributed by atoms with Gasteiger partial charge in [-0.15, -0.1) is 11.3 Å². The Hall–Kier alpha value is -1.70. The molecule has 2 fully saturated rings. The lowest BCUT2D eigenvalue weighted by Crippen LogP contribution is -2.39. The van der Waals surface area contributed by atoms with E-state index in [9.17, 15) is 4.79 Å². The molecule has 6 nitrogen and oxygen atoms in total. The van der Waals surface area contributed by atoms with Gasteiger partial charge < -0.3 is 15.4 Å². The maximum Gasteiger partial charge on any atom is 0.265 e. The van der Waals surface area contributed by atoms with Crippen molar-refractivity contribution in [2.24, 2.45) is 0 Å². The normalized spacial score (nSPS) is 22.2. The summed E-state index contributed by atoms with van der Waals surface area (Å²) in [6.07, 6.45) is 4.55. The molecule has 2 aliphatic rings. The number of carbonyl (C=O) groups excluding carboxylic acids is 1. The molecule has 1 amide bonds. The van der Waals surface area contributed by atoms with Crippen LogP contribution in [0.1, 0.15) is 47.1 Å². The van der Waals surface area contributed by atoms with Crippen LogP contribution in [0.4, 0.5) is 5.69 Å². The van der Waals surface area contributed by atoms with E-state index in [1.54, 1.807) is 19.0 Å². The molecule has 2 aromatic heterocycles. The summed E-state index contributed by atoms with van der Waals surface area (Å²) in [6, 6.07) is 5.08. The molecule has 4 rings (SSSR count). The fourth-order valence-electron chi connectivity index (χ4n) is 4.12. The molecule has 0 unspecified atom stereocenters. The molecule has 2 aliphatic heterocycles. The highest BCUT2D eigenvalue weighted by Crippen LogP contribution is 2.38. The Morgan fingerprint density at radius 1 is 1.31 bits per heavy atom. The SMILES string of the molecule is CN(C)C(=O)c1sc2nc([C@H]3CCCN3C3CCOCC3)ccc2c1N. The molecule has 0 spiro atoms. The van der Waals surface area contributed by atoms with Gasteiger partial charge in [0.25, 0.3) is 5.91 Å². The van der Waals surface area contributed by atoms with E-state index in [0.29, 0.717) is 22.6 Å². The monoisotopic (exact) mass is 374 g/mol. The number of anilines is 1. The van der Waals surface area contributed by atoms with Gasteiger partial charge in [-0.25, -0.2) is 4.98 Å². The third kappa shape index (κ3) is 3.08. The van der Waals surface area contributed by atoms with E-state index in [-0.39, 0.29) is 5.91 Å². The number of likely N-dealkylation sites (tertiary alicyclic amines) is 1. The van der Waals surface area contributed by atoms with Gasteiger partial charge in [0.2, 0.25) is 0 Å². The van der Waals surface area contributed by atoms with Crippen molar-refractivity contribution < 1.29 is 9.53 Å². The van der Waals surface area contributed by atoms with Gasteiger partial charge in [0.15, 0.2) is 0 Å². The standard InChI is InChI=1S/C19H26N4O2S/c1-22(2)19(24)17-16(20)13-5-6-14(21-18(13)26-17)15-4-3-9-23(15)12-7-10-25-11-8-12/h5-6,12,15H,3-4,7-11,20H2,1-2H3/t15-/m1/s1. The highest BCUT2D eigenvalue weighted by Gasteiger charge is 2.33. The molecule has 140 valence electrons. The van der Waals surface area contributed by atoms with Crippen LogP contribution >= 0.6 is 11.3 Å². The van der Waals surface area contributed by atoms with Crippen LogP contribution in [0.15, 0.2) is 12.1 Å². The molecule has 2 saturated heterocycles. The Bertz CT molecular complexity index is 813. The molecule has 26 heavy (non-hydrogen) atoms. The minimum absolute atomic E-state index is 0.0586. The zero-order valence-electron chi connectivity index (χ0n) is 15.4. The number of hydrogen-bond acceptors (Lipinski definition) is 6. The highest BCUT2D eigenvalue weighted by molar-refractivity contribution is 7.21. The Morgan fingerprint density at radius 3 is 2.81 bits per heavy atom. The molecular weight excluding hydrogens is 348 g/mol. The van der Waals surface area contributed by atoms with Crippen molar-refractivity contribution in [3.63, 3.8) is 0 Å². The number of hydrogen-bond donors (Lipinski definition) is 1. The number of pyridine rings is 1. The predicted molar refractivity (Wildman–Crippen MR) is 105 cm³/mol. The van der Waals surface area contributed by atoms with Crippen molar-refractivity contribution in [1.82, 2.24) is 14.8 Å². The number of nitrogens with zero attached hydrogens (tertiary/aromatic N) is 3. The lowest BCUT2D eigenvalue weighted by molar-refractivity contribution is 0.0285. The first-order chi connectivity index (χ1) is 12.6. The third-order valence-corrected chi connectivity index (χ3v) is 6.61. The minimum atomic E-state index is -0.0586. The van der Waals surface area contributed by atoms with Crippen LogP contribution in [0.5, 0.6) is 0 Å². The summed E-state index contributed by atoms with van der Waals surface area (Å²) >= 11 is 1.40. The van der Waals surface area contributed by atoms with Crippen LogP contribution in [0.25, 0.3) is 10.2 Å². The van der Waals surface area contributed by atoms with Gasteiger partial charge in [-0.2, -0.15) is 0 Å². The fraction of sp³-hybridized carbons (Fsp3) is 0.579. The summed E-state index contributed by atoms with van der Waals surface area (Å²) < 4.78 is 5.53. The molecule has 0 saturated carbocycles. The quantitative estimate of drug-likeness (QED) is 0.894. The molecular formula is C19H26N4O2S. The number of aromatic nitrogens is 1. The van der Waals surface area contributed by atoms with Crippen molar-refractivity contribution in [3.8, 4) is 0 Å². The number of carbonyl (C=O) groups is 1. The average Bonchev–Trinajstić information content (AvgIpc) is 3.26. The fourth-order valence-corrected chi connectivity index (χ4v) is 5.24. The van der Waals surface area contributed by atoms with E-state index in [0.717, 1.165) is 54.9 Å². The molecule has 0 radical (unpaired) electrons.